The number of para-hydroxylation sites is 1. The first kappa shape index (κ1) is 17.7. The highest BCUT2D eigenvalue weighted by Gasteiger charge is 2.21. The number of benzene rings is 1. The third-order valence-electron chi connectivity index (χ3n) is 4.02. The number of aromatic nitrogens is 5. The van der Waals surface area contributed by atoms with Gasteiger partial charge in [-0.3, -0.25) is 4.57 Å². The SMILES string of the molecule is CCCCc1noc(C(C)Sc2nnc(C)n2-c2ccccc2C)n1. The fourth-order valence-corrected chi connectivity index (χ4v) is 3.53. The Bertz CT molecular complexity index is 842. The van der Waals surface area contributed by atoms with Crippen LogP contribution in [0.25, 0.3) is 5.69 Å². The van der Waals surface area contributed by atoms with Crippen molar-refractivity contribution in [1.29, 1.82) is 0 Å². The molecular weight excluding hydrogens is 334 g/mol. The number of unbranched alkanes of at least 4 members (excludes halogenated alkanes) is 1. The van der Waals surface area contributed by atoms with E-state index >= 15 is 0 Å². The van der Waals surface area contributed by atoms with Gasteiger partial charge in [0.1, 0.15) is 5.82 Å². The monoisotopic (exact) mass is 357 g/mol. The largest absolute Gasteiger partial charge is 0.338 e. The third-order valence-corrected chi connectivity index (χ3v) is 5.05. The number of hydrogen-bond donors (Lipinski definition) is 0. The van der Waals surface area contributed by atoms with Crippen molar-refractivity contribution in [3.8, 4) is 5.69 Å². The van der Waals surface area contributed by atoms with Gasteiger partial charge in [0.05, 0.1) is 10.9 Å². The molecule has 0 saturated heterocycles. The van der Waals surface area contributed by atoms with E-state index in [2.05, 4.69) is 50.9 Å². The molecule has 0 aliphatic carbocycles. The van der Waals surface area contributed by atoms with Crippen LogP contribution in [-0.4, -0.2) is 24.9 Å². The molecule has 3 aromatic rings. The Balaban J connectivity index is 1.82. The molecule has 7 heteroatoms. The maximum atomic E-state index is 5.43. The van der Waals surface area contributed by atoms with Gasteiger partial charge in [-0.2, -0.15) is 4.98 Å². The lowest BCUT2D eigenvalue weighted by molar-refractivity contribution is 0.374. The van der Waals surface area contributed by atoms with Gasteiger partial charge in [0.2, 0.25) is 5.89 Å². The fourth-order valence-electron chi connectivity index (χ4n) is 2.59. The molecule has 0 fully saturated rings. The van der Waals surface area contributed by atoms with Gasteiger partial charge in [0, 0.05) is 6.42 Å². The third kappa shape index (κ3) is 3.92. The lowest BCUT2D eigenvalue weighted by atomic mass is 10.2. The summed E-state index contributed by atoms with van der Waals surface area (Å²) in [5.74, 6) is 2.27. The highest BCUT2D eigenvalue weighted by atomic mass is 32.2. The summed E-state index contributed by atoms with van der Waals surface area (Å²) in [4.78, 5) is 4.51. The molecule has 0 radical (unpaired) electrons. The molecule has 2 aromatic heterocycles. The van der Waals surface area contributed by atoms with Gasteiger partial charge in [-0.25, -0.2) is 0 Å². The minimum atomic E-state index is 0.00856. The minimum absolute atomic E-state index is 0.00856. The predicted octanol–water partition coefficient (Wildman–Crippen LogP) is 4.46. The first-order chi connectivity index (χ1) is 12.1. The standard InChI is InChI=1S/C18H23N5OS/c1-5-6-11-16-19-17(24-22-16)13(3)25-18-21-20-14(4)23(18)15-10-8-7-9-12(15)2/h7-10,13H,5-6,11H2,1-4H3. The summed E-state index contributed by atoms with van der Waals surface area (Å²) in [6.45, 7) is 8.25. The van der Waals surface area contributed by atoms with E-state index in [9.17, 15) is 0 Å². The Morgan fingerprint density at radius 1 is 1.20 bits per heavy atom. The van der Waals surface area contributed by atoms with Gasteiger partial charge in [-0.15, -0.1) is 10.2 Å². The van der Waals surface area contributed by atoms with Crippen LogP contribution in [0.1, 0.15) is 55.0 Å². The van der Waals surface area contributed by atoms with Crippen LogP contribution < -0.4 is 0 Å². The first-order valence-corrected chi connectivity index (χ1v) is 9.45. The Morgan fingerprint density at radius 2 is 2.00 bits per heavy atom. The summed E-state index contributed by atoms with van der Waals surface area (Å²) in [6.07, 6.45) is 3.05. The molecule has 0 saturated carbocycles. The highest BCUT2D eigenvalue weighted by Crippen LogP contribution is 2.34. The molecule has 0 bridgehead atoms. The maximum absolute atomic E-state index is 5.43. The highest BCUT2D eigenvalue weighted by molar-refractivity contribution is 7.99. The fraction of sp³-hybridized carbons (Fsp3) is 0.444. The minimum Gasteiger partial charge on any atom is -0.338 e. The van der Waals surface area contributed by atoms with Crippen LogP contribution in [0.3, 0.4) is 0 Å². The molecule has 1 atom stereocenters. The Hall–Kier alpha value is -2.15. The number of hydrogen-bond acceptors (Lipinski definition) is 6. The summed E-state index contributed by atoms with van der Waals surface area (Å²) in [5.41, 5.74) is 2.27. The molecule has 25 heavy (non-hydrogen) atoms. The zero-order valence-electron chi connectivity index (χ0n) is 15.1. The van der Waals surface area contributed by atoms with Crippen molar-refractivity contribution in [2.24, 2.45) is 0 Å². The molecule has 6 nitrogen and oxygen atoms in total. The lowest BCUT2D eigenvalue weighted by Crippen LogP contribution is -2.02. The topological polar surface area (TPSA) is 69.6 Å². The average molecular weight is 357 g/mol. The Kier molecular flexibility index (Phi) is 5.53. The maximum Gasteiger partial charge on any atom is 0.239 e. The van der Waals surface area contributed by atoms with Crippen LogP contribution in [0.5, 0.6) is 0 Å². The average Bonchev–Trinajstić information content (AvgIpc) is 3.21. The van der Waals surface area contributed by atoms with Crippen molar-refractivity contribution in [3.63, 3.8) is 0 Å². The van der Waals surface area contributed by atoms with Crippen molar-refractivity contribution in [3.05, 3.63) is 47.4 Å². The first-order valence-electron chi connectivity index (χ1n) is 8.57. The van der Waals surface area contributed by atoms with E-state index in [0.717, 1.165) is 41.8 Å². The molecule has 132 valence electrons. The van der Waals surface area contributed by atoms with Crippen molar-refractivity contribution < 1.29 is 4.52 Å². The molecule has 0 aliphatic rings. The van der Waals surface area contributed by atoms with E-state index in [0.29, 0.717) is 5.89 Å². The molecule has 1 aromatic carbocycles. The molecule has 1 unspecified atom stereocenters. The van der Waals surface area contributed by atoms with Crippen LogP contribution in [-0.2, 0) is 6.42 Å². The van der Waals surface area contributed by atoms with Gasteiger partial charge in [-0.05, 0) is 38.8 Å². The van der Waals surface area contributed by atoms with E-state index in [1.54, 1.807) is 11.8 Å². The lowest BCUT2D eigenvalue weighted by Gasteiger charge is -2.12. The molecule has 2 heterocycles. The number of rotatable bonds is 7. The van der Waals surface area contributed by atoms with Crippen LogP contribution in [0.4, 0.5) is 0 Å². The summed E-state index contributed by atoms with van der Waals surface area (Å²) in [7, 11) is 0. The summed E-state index contributed by atoms with van der Waals surface area (Å²) in [6, 6.07) is 8.22. The van der Waals surface area contributed by atoms with Crippen molar-refractivity contribution in [2.75, 3.05) is 0 Å². The molecule has 3 rings (SSSR count). The smallest absolute Gasteiger partial charge is 0.239 e. The molecular formula is C18H23N5OS. The van der Waals surface area contributed by atoms with Gasteiger partial charge in [-0.1, -0.05) is 48.5 Å². The zero-order valence-corrected chi connectivity index (χ0v) is 15.9. The summed E-state index contributed by atoms with van der Waals surface area (Å²) < 4.78 is 7.51. The van der Waals surface area contributed by atoms with Crippen LogP contribution in [0, 0.1) is 13.8 Å². The van der Waals surface area contributed by atoms with Gasteiger partial charge in [0.25, 0.3) is 0 Å². The summed E-state index contributed by atoms with van der Waals surface area (Å²) in [5, 5.41) is 13.5. The second-order valence-electron chi connectivity index (χ2n) is 6.06. The van der Waals surface area contributed by atoms with Crippen molar-refractivity contribution >= 4 is 11.8 Å². The second-order valence-corrected chi connectivity index (χ2v) is 7.37. The van der Waals surface area contributed by atoms with E-state index < -0.39 is 0 Å². The van der Waals surface area contributed by atoms with Crippen molar-refractivity contribution in [1.82, 2.24) is 24.9 Å². The van der Waals surface area contributed by atoms with E-state index in [4.69, 9.17) is 4.52 Å². The second kappa shape index (κ2) is 7.82. The number of nitrogens with zero attached hydrogens (tertiary/aromatic N) is 5. The Morgan fingerprint density at radius 3 is 2.76 bits per heavy atom. The van der Waals surface area contributed by atoms with Crippen molar-refractivity contribution in [2.45, 2.75) is 57.4 Å². The molecule has 0 N–H and O–H groups in total. The van der Waals surface area contributed by atoms with Gasteiger partial charge < -0.3 is 4.52 Å². The number of thioether (sulfide) groups is 1. The van der Waals surface area contributed by atoms with Crippen LogP contribution in [0.15, 0.2) is 33.9 Å². The van der Waals surface area contributed by atoms with Crippen LogP contribution in [0.2, 0.25) is 0 Å². The summed E-state index contributed by atoms with van der Waals surface area (Å²) >= 11 is 1.58. The van der Waals surface area contributed by atoms with E-state index in [-0.39, 0.29) is 5.25 Å². The van der Waals surface area contributed by atoms with Gasteiger partial charge >= 0.3 is 0 Å². The van der Waals surface area contributed by atoms with Crippen LogP contribution >= 0.6 is 11.8 Å². The zero-order chi connectivity index (χ0) is 17.8. The van der Waals surface area contributed by atoms with E-state index in [1.807, 2.05) is 26.0 Å². The quantitative estimate of drug-likeness (QED) is 0.581. The number of aryl methyl sites for hydroxylation is 3. The molecule has 0 spiro atoms. The predicted molar refractivity (Wildman–Crippen MR) is 98.0 cm³/mol. The Labute approximate surface area is 152 Å². The molecule has 0 amide bonds. The van der Waals surface area contributed by atoms with Gasteiger partial charge in [0.15, 0.2) is 11.0 Å². The normalized spacial score (nSPS) is 12.5. The molecule has 0 aliphatic heterocycles. The van der Waals surface area contributed by atoms with E-state index in [1.165, 1.54) is 5.56 Å².